The van der Waals surface area contributed by atoms with Gasteiger partial charge in [-0.2, -0.15) is 5.10 Å². The van der Waals surface area contributed by atoms with Gasteiger partial charge in [0.05, 0.1) is 0 Å². The van der Waals surface area contributed by atoms with Crippen molar-refractivity contribution in [2.24, 2.45) is 5.41 Å². The Bertz CT molecular complexity index is 281. The van der Waals surface area contributed by atoms with Crippen LogP contribution in [-0.4, -0.2) is 25.4 Å². The van der Waals surface area contributed by atoms with Gasteiger partial charge in [0.25, 0.3) is 0 Å². The summed E-state index contributed by atoms with van der Waals surface area (Å²) in [7, 11) is 0. The van der Waals surface area contributed by atoms with Crippen molar-refractivity contribution in [2.45, 2.75) is 26.8 Å². The molecule has 0 aliphatic heterocycles. The Hall–Kier alpha value is 0.100. The third-order valence-electron chi connectivity index (χ3n) is 2.23. The summed E-state index contributed by atoms with van der Waals surface area (Å²) in [5.41, 5.74) is 0.208. The zero-order valence-electron chi connectivity index (χ0n) is 8.50. The van der Waals surface area contributed by atoms with Crippen LogP contribution in [0.2, 0.25) is 0 Å². The number of aryl methyl sites for hydroxylation is 1. The SMILES string of the molecule is CCn1ncnc1CC(C)(CBr)CBr. The van der Waals surface area contributed by atoms with Gasteiger partial charge in [-0.25, -0.2) is 4.98 Å². The van der Waals surface area contributed by atoms with Crippen LogP contribution in [0.25, 0.3) is 0 Å². The Kier molecular flexibility index (Phi) is 4.57. The molecule has 5 heteroatoms. The van der Waals surface area contributed by atoms with E-state index in [0.717, 1.165) is 29.5 Å². The van der Waals surface area contributed by atoms with Crippen molar-refractivity contribution in [3.8, 4) is 0 Å². The van der Waals surface area contributed by atoms with Crippen LogP contribution in [0.3, 0.4) is 0 Å². The zero-order valence-corrected chi connectivity index (χ0v) is 11.7. The first-order chi connectivity index (χ1) is 6.65. The van der Waals surface area contributed by atoms with Gasteiger partial charge in [0.2, 0.25) is 0 Å². The van der Waals surface area contributed by atoms with Gasteiger partial charge in [-0.1, -0.05) is 38.8 Å². The standard InChI is InChI=1S/C9H15Br2N3/c1-3-14-8(12-7-13-14)4-9(2,5-10)6-11/h7H,3-6H2,1-2H3. The molecular weight excluding hydrogens is 310 g/mol. The zero-order chi connectivity index (χ0) is 10.6. The molecule has 1 aromatic heterocycles. The van der Waals surface area contributed by atoms with Crippen molar-refractivity contribution >= 4 is 31.9 Å². The molecule has 0 bridgehead atoms. The van der Waals surface area contributed by atoms with Crippen LogP contribution in [0, 0.1) is 5.41 Å². The minimum absolute atomic E-state index is 0.208. The van der Waals surface area contributed by atoms with Gasteiger partial charge in [0.1, 0.15) is 12.2 Å². The first-order valence-corrected chi connectivity index (χ1v) is 6.88. The predicted molar refractivity (Wildman–Crippen MR) is 65.1 cm³/mol. The molecule has 1 rings (SSSR count). The molecule has 1 heterocycles. The maximum absolute atomic E-state index is 4.28. The second-order valence-electron chi connectivity index (χ2n) is 3.75. The van der Waals surface area contributed by atoms with Crippen molar-refractivity contribution < 1.29 is 0 Å². The Morgan fingerprint density at radius 1 is 1.43 bits per heavy atom. The Labute approximate surface area is 102 Å². The molecule has 0 saturated heterocycles. The molecule has 0 saturated carbocycles. The van der Waals surface area contributed by atoms with Crippen molar-refractivity contribution in [1.29, 1.82) is 0 Å². The van der Waals surface area contributed by atoms with E-state index >= 15 is 0 Å². The lowest BCUT2D eigenvalue weighted by atomic mass is 9.92. The molecule has 0 amide bonds. The molecule has 0 aliphatic carbocycles. The van der Waals surface area contributed by atoms with E-state index < -0.39 is 0 Å². The number of hydrogen-bond donors (Lipinski definition) is 0. The fourth-order valence-electron chi connectivity index (χ4n) is 1.20. The summed E-state index contributed by atoms with van der Waals surface area (Å²) in [4.78, 5) is 4.28. The van der Waals surface area contributed by atoms with Crippen LogP contribution >= 0.6 is 31.9 Å². The molecule has 80 valence electrons. The lowest BCUT2D eigenvalue weighted by Gasteiger charge is -2.23. The normalized spacial score (nSPS) is 12.0. The third-order valence-corrected chi connectivity index (χ3v) is 4.93. The van der Waals surface area contributed by atoms with E-state index in [1.165, 1.54) is 0 Å². The smallest absolute Gasteiger partial charge is 0.138 e. The fourth-order valence-corrected chi connectivity index (χ4v) is 2.53. The van der Waals surface area contributed by atoms with Crippen LogP contribution < -0.4 is 0 Å². The number of rotatable bonds is 5. The summed E-state index contributed by atoms with van der Waals surface area (Å²) in [6.07, 6.45) is 2.57. The van der Waals surface area contributed by atoms with Gasteiger partial charge in [-0.3, -0.25) is 4.68 Å². The Morgan fingerprint density at radius 2 is 2.07 bits per heavy atom. The monoisotopic (exact) mass is 323 g/mol. The largest absolute Gasteiger partial charge is 0.250 e. The van der Waals surface area contributed by atoms with Gasteiger partial charge in [-0.05, 0) is 12.3 Å². The van der Waals surface area contributed by atoms with Gasteiger partial charge < -0.3 is 0 Å². The number of nitrogens with zero attached hydrogens (tertiary/aromatic N) is 3. The summed E-state index contributed by atoms with van der Waals surface area (Å²) in [5, 5.41) is 6.08. The first kappa shape index (κ1) is 12.2. The van der Waals surface area contributed by atoms with Crippen molar-refractivity contribution in [3.05, 3.63) is 12.2 Å². The number of alkyl halides is 2. The molecule has 0 fully saturated rings. The number of hydrogen-bond acceptors (Lipinski definition) is 2. The van der Waals surface area contributed by atoms with Crippen LogP contribution in [0.4, 0.5) is 0 Å². The van der Waals surface area contributed by atoms with E-state index in [0.29, 0.717) is 0 Å². The highest BCUT2D eigenvalue weighted by Gasteiger charge is 2.24. The van der Waals surface area contributed by atoms with E-state index in [1.54, 1.807) is 6.33 Å². The van der Waals surface area contributed by atoms with Gasteiger partial charge >= 0.3 is 0 Å². The third kappa shape index (κ3) is 2.79. The van der Waals surface area contributed by atoms with E-state index in [1.807, 2.05) is 4.68 Å². The van der Waals surface area contributed by atoms with Gasteiger partial charge in [-0.15, -0.1) is 0 Å². The van der Waals surface area contributed by atoms with E-state index in [4.69, 9.17) is 0 Å². The van der Waals surface area contributed by atoms with Gasteiger partial charge in [0, 0.05) is 23.6 Å². The second-order valence-corrected chi connectivity index (χ2v) is 4.87. The molecule has 0 spiro atoms. The van der Waals surface area contributed by atoms with E-state index in [9.17, 15) is 0 Å². The first-order valence-electron chi connectivity index (χ1n) is 4.64. The molecule has 3 nitrogen and oxygen atoms in total. The van der Waals surface area contributed by atoms with Crippen molar-refractivity contribution in [3.63, 3.8) is 0 Å². The summed E-state index contributed by atoms with van der Waals surface area (Å²) in [5.74, 6) is 1.06. The minimum atomic E-state index is 0.208. The fraction of sp³-hybridized carbons (Fsp3) is 0.778. The van der Waals surface area contributed by atoms with Gasteiger partial charge in [0.15, 0.2) is 0 Å². The summed E-state index contributed by atoms with van der Waals surface area (Å²) < 4.78 is 1.95. The van der Waals surface area contributed by atoms with Crippen molar-refractivity contribution in [2.75, 3.05) is 10.7 Å². The average molecular weight is 325 g/mol. The van der Waals surface area contributed by atoms with Crippen molar-refractivity contribution in [1.82, 2.24) is 14.8 Å². The van der Waals surface area contributed by atoms with E-state index in [-0.39, 0.29) is 5.41 Å². The molecule has 0 unspecified atom stereocenters. The highest BCUT2D eigenvalue weighted by molar-refractivity contribution is 9.09. The molecule has 0 atom stereocenters. The quantitative estimate of drug-likeness (QED) is 0.779. The highest BCUT2D eigenvalue weighted by Crippen LogP contribution is 2.26. The molecular formula is C9H15Br2N3. The molecule has 0 aliphatic rings. The average Bonchev–Trinajstić information content (AvgIpc) is 2.65. The predicted octanol–water partition coefficient (Wildman–Crippen LogP) is 2.64. The summed E-state index contributed by atoms with van der Waals surface area (Å²) in [6, 6.07) is 0. The maximum Gasteiger partial charge on any atom is 0.138 e. The summed E-state index contributed by atoms with van der Waals surface area (Å²) in [6.45, 7) is 5.19. The van der Waals surface area contributed by atoms with Crippen LogP contribution in [0.1, 0.15) is 19.7 Å². The number of halogens is 2. The molecule has 0 radical (unpaired) electrons. The lowest BCUT2D eigenvalue weighted by molar-refractivity contribution is 0.412. The maximum atomic E-state index is 4.28. The minimum Gasteiger partial charge on any atom is -0.250 e. The highest BCUT2D eigenvalue weighted by atomic mass is 79.9. The Morgan fingerprint density at radius 3 is 2.57 bits per heavy atom. The van der Waals surface area contributed by atoms with Crippen LogP contribution in [-0.2, 0) is 13.0 Å². The second kappa shape index (κ2) is 5.26. The van der Waals surface area contributed by atoms with E-state index in [2.05, 4.69) is 55.8 Å². The lowest BCUT2D eigenvalue weighted by Crippen LogP contribution is -2.25. The molecule has 14 heavy (non-hydrogen) atoms. The summed E-state index contributed by atoms with van der Waals surface area (Å²) >= 11 is 7.07. The molecule has 1 aromatic rings. The Balaban J connectivity index is 2.76. The van der Waals surface area contributed by atoms with Crippen LogP contribution in [0.5, 0.6) is 0 Å². The van der Waals surface area contributed by atoms with Crippen LogP contribution in [0.15, 0.2) is 6.33 Å². The number of aromatic nitrogens is 3. The molecule has 0 aromatic carbocycles. The molecule has 0 N–H and O–H groups in total. The topological polar surface area (TPSA) is 30.7 Å².